The maximum absolute atomic E-state index is 13.3. The lowest BCUT2D eigenvalue weighted by molar-refractivity contribution is -0.274. The van der Waals surface area contributed by atoms with Crippen molar-refractivity contribution >= 4 is 15.9 Å². The third-order valence-electron chi connectivity index (χ3n) is 6.67. The number of urea groups is 1. The first-order valence-corrected chi connectivity index (χ1v) is 13.3. The van der Waals surface area contributed by atoms with Gasteiger partial charge >= 0.3 is 12.4 Å². The van der Waals surface area contributed by atoms with Crippen LogP contribution in [0, 0.1) is 0 Å². The highest BCUT2D eigenvalue weighted by Gasteiger charge is 2.38. The smallest absolute Gasteiger partial charge is 0.406 e. The zero-order chi connectivity index (χ0) is 24.8. The first-order valence-electron chi connectivity index (χ1n) is 11.5. The third-order valence-corrected chi connectivity index (χ3v) is 8.28. The van der Waals surface area contributed by atoms with Crippen molar-refractivity contribution in [1.82, 2.24) is 19.9 Å². The summed E-state index contributed by atoms with van der Waals surface area (Å²) in [5.41, 5.74) is 0.755. The number of rotatable bonds is 4. The molecule has 0 spiro atoms. The number of ether oxygens (including phenoxy) is 1. The lowest BCUT2D eigenvalue weighted by Crippen LogP contribution is -2.53. The highest BCUT2D eigenvalue weighted by molar-refractivity contribution is 7.91. The van der Waals surface area contributed by atoms with Crippen molar-refractivity contribution in [3.8, 4) is 5.75 Å². The van der Waals surface area contributed by atoms with Gasteiger partial charge < -0.3 is 19.1 Å². The summed E-state index contributed by atoms with van der Waals surface area (Å²) in [6.45, 7) is 0.924. The van der Waals surface area contributed by atoms with E-state index < -0.39 is 16.2 Å². The normalized spacial score (nSPS) is 24.9. The number of halogens is 3. The molecular formula is C22H25F3N4O5S. The Balaban J connectivity index is 1.36. The summed E-state index contributed by atoms with van der Waals surface area (Å²) in [6.07, 6.45) is -2.17. The van der Waals surface area contributed by atoms with Gasteiger partial charge in [0.1, 0.15) is 5.75 Å². The Hall–Kier alpha value is -2.83. The van der Waals surface area contributed by atoms with Gasteiger partial charge in [-0.1, -0.05) is 17.3 Å². The molecule has 2 aliphatic heterocycles. The predicted molar refractivity (Wildman–Crippen MR) is 117 cm³/mol. The van der Waals surface area contributed by atoms with Crippen LogP contribution >= 0.6 is 0 Å². The van der Waals surface area contributed by atoms with Gasteiger partial charge in [0.25, 0.3) is 0 Å². The fourth-order valence-electron chi connectivity index (χ4n) is 4.64. The lowest BCUT2D eigenvalue weighted by Gasteiger charge is -2.40. The van der Waals surface area contributed by atoms with Crippen LogP contribution in [0.2, 0.25) is 0 Å². The molecule has 1 aromatic heterocycles. The molecule has 0 bridgehead atoms. The Morgan fingerprint density at radius 3 is 2.29 bits per heavy atom. The fraction of sp³-hybridized carbons (Fsp3) is 0.591. The molecule has 1 saturated carbocycles. The van der Waals surface area contributed by atoms with Crippen LogP contribution in [0.15, 0.2) is 28.8 Å². The standard InChI is InChI=1S/C22H25F3N4O5S/c23-22(24,25)33-18-5-3-14(4-6-18)16-11-17(20-26-19(27-34-20)15-1-2-15)13-29(12-16)21(30)28-7-9-35(31,32)10-8-28/h3-6,15-17H,1-2,7-13H2/t16-,17+/m1/s1. The molecule has 190 valence electrons. The van der Waals surface area contributed by atoms with Crippen molar-refractivity contribution < 1.29 is 35.6 Å². The van der Waals surface area contributed by atoms with Crippen LogP contribution in [0.3, 0.4) is 0 Å². The van der Waals surface area contributed by atoms with Crippen LogP contribution in [-0.4, -0.2) is 78.4 Å². The van der Waals surface area contributed by atoms with Crippen molar-refractivity contribution in [2.45, 2.75) is 43.4 Å². The van der Waals surface area contributed by atoms with Gasteiger partial charge in [0, 0.05) is 38.0 Å². The summed E-state index contributed by atoms with van der Waals surface area (Å²) in [5.74, 6) is 0.494. The summed E-state index contributed by atoms with van der Waals surface area (Å²) in [4.78, 5) is 21.0. The summed E-state index contributed by atoms with van der Waals surface area (Å²) >= 11 is 0. The van der Waals surface area contributed by atoms with Gasteiger partial charge in [-0.15, -0.1) is 13.2 Å². The maximum atomic E-state index is 13.3. The molecule has 0 radical (unpaired) electrons. The van der Waals surface area contributed by atoms with Crippen LogP contribution in [0.1, 0.15) is 54.3 Å². The van der Waals surface area contributed by atoms with Gasteiger partial charge in [-0.2, -0.15) is 4.98 Å². The second-order valence-electron chi connectivity index (χ2n) is 9.34. The molecule has 2 saturated heterocycles. The third kappa shape index (κ3) is 5.71. The summed E-state index contributed by atoms with van der Waals surface area (Å²) in [6, 6.07) is 5.37. The molecule has 2 aromatic rings. The van der Waals surface area contributed by atoms with Crippen molar-refractivity contribution in [1.29, 1.82) is 0 Å². The number of sulfone groups is 1. The van der Waals surface area contributed by atoms with Crippen LogP contribution in [0.5, 0.6) is 5.75 Å². The van der Waals surface area contributed by atoms with Crippen molar-refractivity contribution in [3.05, 3.63) is 41.5 Å². The monoisotopic (exact) mass is 514 g/mol. The van der Waals surface area contributed by atoms with E-state index >= 15 is 0 Å². The molecule has 1 aromatic carbocycles. The number of piperidine rings is 1. The minimum Gasteiger partial charge on any atom is -0.406 e. The summed E-state index contributed by atoms with van der Waals surface area (Å²) < 4.78 is 70.7. The number of carbonyl (C=O) groups excluding carboxylic acids is 1. The highest BCUT2D eigenvalue weighted by Crippen LogP contribution is 2.41. The Kier molecular flexibility index (Phi) is 6.14. The van der Waals surface area contributed by atoms with E-state index in [9.17, 15) is 26.4 Å². The van der Waals surface area contributed by atoms with Gasteiger partial charge in [-0.05, 0) is 37.0 Å². The lowest BCUT2D eigenvalue weighted by atomic mass is 9.84. The van der Waals surface area contributed by atoms with E-state index in [4.69, 9.17) is 4.52 Å². The molecule has 3 aliphatic rings. The van der Waals surface area contributed by atoms with E-state index in [1.165, 1.54) is 17.0 Å². The van der Waals surface area contributed by atoms with Gasteiger partial charge in [0.15, 0.2) is 15.7 Å². The molecule has 35 heavy (non-hydrogen) atoms. The fourth-order valence-corrected chi connectivity index (χ4v) is 5.84. The molecule has 1 aliphatic carbocycles. The van der Waals surface area contributed by atoms with E-state index in [0.717, 1.165) is 18.4 Å². The van der Waals surface area contributed by atoms with Gasteiger partial charge in [0.2, 0.25) is 5.89 Å². The van der Waals surface area contributed by atoms with E-state index in [0.29, 0.717) is 37.1 Å². The zero-order valence-electron chi connectivity index (χ0n) is 18.8. The quantitative estimate of drug-likeness (QED) is 0.617. The Morgan fingerprint density at radius 1 is 1.00 bits per heavy atom. The molecule has 5 rings (SSSR count). The number of carbonyl (C=O) groups is 1. The summed E-state index contributed by atoms with van der Waals surface area (Å²) in [5, 5.41) is 4.08. The highest BCUT2D eigenvalue weighted by atomic mass is 32.2. The SMILES string of the molecule is O=C(N1CCS(=O)(=O)CC1)N1C[C@H](c2ccc(OC(F)(F)F)cc2)C[C@H](c2nc(C3CC3)no2)C1. The zero-order valence-corrected chi connectivity index (χ0v) is 19.6. The molecule has 2 amide bonds. The Morgan fingerprint density at radius 2 is 1.66 bits per heavy atom. The second-order valence-corrected chi connectivity index (χ2v) is 11.6. The molecule has 0 N–H and O–H groups in total. The largest absolute Gasteiger partial charge is 0.573 e. The van der Waals surface area contributed by atoms with Crippen LogP contribution in [0.25, 0.3) is 0 Å². The summed E-state index contributed by atoms with van der Waals surface area (Å²) in [7, 11) is -3.14. The van der Waals surface area contributed by atoms with E-state index in [-0.39, 0.29) is 48.2 Å². The first-order chi connectivity index (χ1) is 16.6. The van der Waals surface area contributed by atoms with E-state index in [2.05, 4.69) is 14.9 Å². The Bertz CT molecular complexity index is 1170. The Labute approximate surface area is 200 Å². The number of hydrogen-bond acceptors (Lipinski definition) is 7. The second kappa shape index (κ2) is 8.99. The van der Waals surface area contributed by atoms with Gasteiger partial charge in [-0.25, -0.2) is 13.2 Å². The molecule has 9 nitrogen and oxygen atoms in total. The van der Waals surface area contributed by atoms with E-state index in [1.54, 1.807) is 17.0 Å². The number of amides is 2. The minimum absolute atomic E-state index is 0.0749. The predicted octanol–water partition coefficient (Wildman–Crippen LogP) is 3.27. The van der Waals surface area contributed by atoms with Gasteiger partial charge in [0.05, 0.1) is 17.4 Å². The average molecular weight is 515 g/mol. The number of aromatic nitrogens is 2. The first kappa shape index (κ1) is 23.9. The van der Waals surface area contributed by atoms with Crippen LogP contribution in [0.4, 0.5) is 18.0 Å². The maximum Gasteiger partial charge on any atom is 0.573 e. The molecule has 3 heterocycles. The molecule has 13 heteroatoms. The number of hydrogen-bond donors (Lipinski definition) is 0. The van der Waals surface area contributed by atoms with E-state index in [1.807, 2.05) is 0 Å². The molecular weight excluding hydrogens is 489 g/mol. The van der Waals surface area contributed by atoms with Gasteiger partial charge in [-0.3, -0.25) is 0 Å². The van der Waals surface area contributed by atoms with Crippen LogP contribution < -0.4 is 4.74 Å². The van der Waals surface area contributed by atoms with Crippen molar-refractivity contribution in [2.24, 2.45) is 0 Å². The molecule has 3 fully saturated rings. The van der Waals surface area contributed by atoms with Crippen molar-refractivity contribution in [2.75, 3.05) is 37.7 Å². The topological polar surface area (TPSA) is 106 Å². The number of likely N-dealkylation sites (tertiary alicyclic amines) is 1. The molecule has 0 unspecified atom stereocenters. The minimum atomic E-state index is -4.78. The van der Waals surface area contributed by atoms with Crippen LogP contribution in [-0.2, 0) is 9.84 Å². The average Bonchev–Trinajstić information content (AvgIpc) is 3.54. The molecule has 2 atom stereocenters. The number of benzene rings is 1. The number of alkyl halides is 3. The number of nitrogens with zero attached hydrogens (tertiary/aromatic N) is 4. The van der Waals surface area contributed by atoms with Crippen molar-refractivity contribution in [3.63, 3.8) is 0 Å².